The second-order valence-corrected chi connectivity index (χ2v) is 5.88. The summed E-state index contributed by atoms with van der Waals surface area (Å²) in [6, 6.07) is 6.47. The fraction of sp³-hybridized carbons (Fsp3) is 0.211. The number of methoxy groups -OCH3 is 2. The first kappa shape index (κ1) is 19.0. The Balaban J connectivity index is 1.91. The third-order valence-corrected chi connectivity index (χ3v) is 4.20. The molecule has 28 heavy (non-hydrogen) atoms. The number of hydrogen-bond donors (Lipinski definition) is 2. The fourth-order valence-corrected chi connectivity index (χ4v) is 2.87. The van der Waals surface area contributed by atoms with Crippen LogP contribution in [0.5, 0.6) is 11.5 Å². The van der Waals surface area contributed by atoms with Crippen molar-refractivity contribution in [2.24, 2.45) is 5.92 Å². The monoisotopic (exact) mass is 386 g/mol. The first-order valence-electron chi connectivity index (χ1n) is 8.22. The van der Waals surface area contributed by atoms with Crippen molar-refractivity contribution < 1.29 is 33.0 Å². The summed E-state index contributed by atoms with van der Waals surface area (Å²) in [5.41, 5.74) is 0.758. The van der Waals surface area contributed by atoms with Crippen molar-refractivity contribution in [3.05, 3.63) is 60.2 Å². The van der Waals surface area contributed by atoms with Crippen molar-refractivity contribution in [2.45, 2.75) is 6.04 Å². The van der Waals surface area contributed by atoms with Crippen molar-refractivity contribution in [1.82, 2.24) is 10.6 Å². The van der Waals surface area contributed by atoms with Crippen LogP contribution in [0.2, 0.25) is 0 Å². The SMILES string of the molecule is C=C1NC(=O)NC(c2ccc(OC(=O)c3ccco3)c(OC)c2)C1C(=O)OC. The van der Waals surface area contributed by atoms with E-state index in [4.69, 9.17) is 18.6 Å². The standard InChI is InChI=1S/C19H18N2O7/c1-10-15(18(23)26-3)16(21-19(24)20-10)11-6-7-12(14(9-11)25-2)28-17(22)13-5-4-8-27-13/h4-9,15-16H,1H2,2-3H3,(H2,20,21,24). The van der Waals surface area contributed by atoms with E-state index in [1.165, 1.54) is 32.6 Å². The summed E-state index contributed by atoms with van der Waals surface area (Å²) in [4.78, 5) is 36.1. The third-order valence-electron chi connectivity index (χ3n) is 4.20. The number of furan rings is 1. The molecule has 1 aliphatic rings. The van der Waals surface area contributed by atoms with Gasteiger partial charge in [0.1, 0.15) is 5.92 Å². The molecule has 1 aromatic carbocycles. The Labute approximate surface area is 160 Å². The number of carbonyl (C=O) groups excluding carboxylic acids is 3. The lowest BCUT2D eigenvalue weighted by molar-refractivity contribution is -0.145. The molecule has 1 fully saturated rings. The van der Waals surface area contributed by atoms with Crippen LogP contribution >= 0.6 is 0 Å². The van der Waals surface area contributed by atoms with E-state index < -0.39 is 29.9 Å². The van der Waals surface area contributed by atoms with E-state index in [1.807, 2.05) is 0 Å². The Bertz CT molecular complexity index is 920. The van der Waals surface area contributed by atoms with E-state index in [0.29, 0.717) is 5.56 Å². The highest BCUT2D eigenvalue weighted by Gasteiger charge is 2.39. The Morgan fingerprint density at radius 1 is 1.18 bits per heavy atom. The molecule has 0 bridgehead atoms. The van der Waals surface area contributed by atoms with E-state index in [2.05, 4.69) is 17.2 Å². The molecule has 1 saturated heterocycles. The number of hydrogen-bond acceptors (Lipinski definition) is 7. The van der Waals surface area contributed by atoms with Crippen molar-refractivity contribution in [1.29, 1.82) is 0 Å². The molecule has 1 aromatic heterocycles. The second kappa shape index (κ2) is 7.87. The number of ether oxygens (including phenoxy) is 3. The second-order valence-electron chi connectivity index (χ2n) is 5.88. The number of benzene rings is 1. The Hall–Kier alpha value is -3.75. The van der Waals surface area contributed by atoms with Gasteiger partial charge in [0.05, 0.1) is 26.5 Å². The first-order valence-corrected chi connectivity index (χ1v) is 8.22. The van der Waals surface area contributed by atoms with Gasteiger partial charge >= 0.3 is 18.0 Å². The van der Waals surface area contributed by atoms with Crippen LogP contribution in [0, 0.1) is 5.92 Å². The van der Waals surface area contributed by atoms with Crippen molar-refractivity contribution in [3.8, 4) is 11.5 Å². The minimum atomic E-state index is -0.844. The van der Waals surface area contributed by atoms with Crippen LogP contribution in [-0.2, 0) is 9.53 Å². The number of nitrogens with one attached hydrogen (secondary N) is 2. The van der Waals surface area contributed by atoms with Gasteiger partial charge in [0, 0.05) is 5.70 Å². The molecule has 146 valence electrons. The quantitative estimate of drug-likeness (QED) is 0.597. The van der Waals surface area contributed by atoms with Gasteiger partial charge in [0.15, 0.2) is 11.5 Å². The summed E-state index contributed by atoms with van der Waals surface area (Å²) in [5.74, 6) is -1.66. The highest BCUT2D eigenvalue weighted by atomic mass is 16.6. The van der Waals surface area contributed by atoms with Gasteiger partial charge < -0.3 is 29.3 Å². The van der Waals surface area contributed by atoms with Crippen LogP contribution in [-0.4, -0.2) is 32.2 Å². The number of carbonyl (C=O) groups is 3. The molecule has 0 radical (unpaired) electrons. The number of urea groups is 1. The molecule has 9 nitrogen and oxygen atoms in total. The zero-order valence-corrected chi connectivity index (χ0v) is 15.2. The summed E-state index contributed by atoms with van der Waals surface area (Å²) in [6.07, 6.45) is 1.36. The highest BCUT2D eigenvalue weighted by Crippen LogP contribution is 2.36. The van der Waals surface area contributed by atoms with Gasteiger partial charge in [-0.25, -0.2) is 9.59 Å². The van der Waals surface area contributed by atoms with E-state index in [1.54, 1.807) is 18.2 Å². The van der Waals surface area contributed by atoms with Gasteiger partial charge in [0.25, 0.3) is 0 Å². The molecule has 0 spiro atoms. The highest BCUT2D eigenvalue weighted by molar-refractivity contribution is 5.88. The van der Waals surface area contributed by atoms with Crippen molar-refractivity contribution in [3.63, 3.8) is 0 Å². The zero-order chi connectivity index (χ0) is 20.3. The van der Waals surface area contributed by atoms with E-state index in [-0.39, 0.29) is 23.0 Å². The molecule has 2 N–H and O–H groups in total. The number of esters is 2. The summed E-state index contributed by atoms with van der Waals surface area (Å²) < 4.78 is 20.4. The van der Waals surface area contributed by atoms with Gasteiger partial charge in [-0.05, 0) is 29.8 Å². The molecule has 2 aromatic rings. The van der Waals surface area contributed by atoms with Gasteiger partial charge in [-0.3, -0.25) is 4.79 Å². The van der Waals surface area contributed by atoms with Gasteiger partial charge in [-0.1, -0.05) is 12.6 Å². The molecule has 1 aliphatic heterocycles. The van der Waals surface area contributed by atoms with Crippen molar-refractivity contribution in [2.75, 3.05) is 14.2 Å². The molecule has 3 rings (SSSR count). The van der Waals surface area contributed by atoms with Gasteiger partial charge in [-0.15, -0.1) is 0 Å². The van der Waals surface area contributed by atoms with Crippen LogP contribution in [0.4, 0.5) is 4.79 Å². The first-order chi connectivity index (χ1) is 13.4. The van der Waals surface area contributed by atoms with Crippen LogP contribution in [0.1, 0.15) is 22.2 Å². The Morgan fingerprint density at radius 3 is 2.61 bits per heavy atom. The van der Waals surface area contributed by atoms with Gasteiger partial charge in [0.2, 0.25) is 5.76 Å². The molecule has 0 aliphatic carbocycles. The molecule has 0 saturated carbocycles. The summed E-state index contributed by atoms with van der Waals surface area (Å²) >= 11 is 0. The maximum absolute atomic E-state index is 12.2. The maximum Gasteiger partial charge on any atom is 0.379 e. The van der Waals surface area contributed by atoms with Gasteiger partial charge in [-0.2, -0.15) is 0 Å². The smallest absolute Gasteiger partial charge is 0.379 e. The Kier molecular flexibility index (Phi) is 5.35. The summed E-state index contributed by atoms with van der Waals surface area (Å²) in [5, 5.41) is 5.14. The third kappa shape index (κ3) is 3.68. The van der Waals surface area contributed by atoms with Crippen LogP contribution < -0.4 is 20.1 Å². The molecule has 2 atom stereocenters. The van der Waals surface area contributed by atoms with Crippen LogP contribution in [0.15, 0.2) is 53.3 Å². The van der Waals surface area contributed by atoms with E-state index in [0.717, 1.165) is 0 Å². The Morgan fingerprint density at radius 2 is 1.96 bits per heavy atom. The lowest BCUT2D eigenvalue weighted by atomic mass is 9.89. The van der Waals surface area contributed by atoms with E-state index in [9.17, 15) is 14.4 Å². The topological polar surface area (TPSA) is 116 Å². The van der Waals surface area contributed by atoms with Crippen LogP contribution in [0.3, 0.4) is 0 Å². The number of rotatable bonds is 5. The molecule has 2 unspecified atom stereocenters. The normalized spacial score (nSPS) is 18.6. The van der Waals surface area contributed by atoms with Crippen molar-refractivity contribution >= 4 is 18.0 Å². The zero-order valence-electron chi connectivity index (χ0n) is 15.2. The molecular formula is C19H18N2O7. The molecule has 2 heterocycles. The lowest BCUT2D eigenvalue weighted by Gasteiger charge is -2.33. The molecule has 2 amide bonds. The van der Waals surface area contributed by atoms with E-state index >= 15 is 0 Å². The fourth-order valence-electron chi connectivity index (χ4n) is 2.87. The molecular weight excluding hydrogens is 368 g/mol. The number of amides is 2. The lowest BCUT2D eigenvalue weighted by Crippen LogP contribution is -2.51. The predicted molar refractivity (Wildman–Crippen MR) is 95.7 cm³/mol. The van der Waals surface area contributed by atoms with Crippen LogP contribution in [0.25, 0.3) is 0 Å². The average Bonchev–Trinajstić information content (AvgIpc) is 3.22. The maximum atomic E-state index is 12.2. The molecule has 9 heteroatoms. The largest absolute Gasteiger partial charge is 0.493 e. The minimum Gasteiger partial charge on any atom is -0.493 e. The summed E-state index contributed by atoms with van der Waals surface area (Å²) in [7, 11) is 2.65. The minimum absolute atomic E-state index is 0.0406. The predicted octanol–water partition coefficient (Wildman–Crippen LogP) is 2.16. The summed E-state index contributed by atoms with van der Waals surface area (Å²) in [6.45, 7) is 3.73. The average molecular weight is 386 g/mol.